The molecular weight excluding hydrogens is 522 g/mol. The highest BCUT2D eigenvalue weighted by atomic mass is 35.5. The van der Waals surface area contributed by atoms with Gasteiger partial charge in [-0.15, -0.1) is 0 Å². The molecule has 1 unspecified atom stereocenters. The Morgan fingerprint density at radius 3 is 2.00 bits per heavy atom. The Bertz CT molecular complexity index is 1470. The van der Waals surface area contributed by atoms with Gasteiger partial charge in [0.25, 0.3) is 11.6 Å². The van der Waals surface area contributed by atoms with Crippen molar-refractivity contribution >= 4 is 34.7 Å². The Balaban J connectivity index is 1.75. The highest BCUT2D eigenvalue weighted by Crippen LogP contribution is 2.30. The molecule has 0 saturated carbocycles. The van der Waals surface area contributed by atoms with E-state index in [1.807, 2.05) is 0 Å². The van der Waals surface area contributed by atoms with E-state index in [4.69, 9.17) is 16.3 Å². The minimum Gasteiger partial charge on any atom is -0.472 e. The van der Waals surface area contributed by atoms with E-state index in [9.17, 15) is 19.7 Å². The fraction of sp³-hybridized carbons (Fsp3) is 0.179. The minimum absolute atomic E-state index is 0.0238. The molecule has 1 aromatic carbocycles. The summed E-state index contributed by atoms with van der Waals surface area (Å²) in [6.45, 7) is 4.97. The van der Waals surface area contributed by atoms with Crippen molar-refractivity contribution in [2.24, 2.45) is 5.41 Å². The zero-order chi connectivity index (χ0) is 28.2. The summed E-state index contributed by atoms with van der Waals surface area (Å²) in [5, 5.41) is 13.8. The number of benzene rings is 1. The van der Waals surface area contributed by atoms with Crippen LogP contribution in [-0.4, -0.2) is 37.7 Å². The summed E-state index contributed by atoms with van der Waals surface area (Å²) in [6, 6.07) is 17.4. The molecule has 0 aliphatic heterocycles. The maximum Gasteiger partial charge on any atom is 0.273 e. The van der Waals surface area contributed by atoms with Crippen molar-refractivity contribution in [1.82, 2.24) is 15.0 Å². The molecule has 1 amide bonds. The van der Waals surface area contributed by atoms with Gasteiger partial charge in [-0.3, -0.25) is 29.7 Å². The molecule has 0 aliphatic carbocycles. The zero-order valence-corrected chi connectivity index (χ0v) is 22.0. The van der Waals surface area contributed by atoms with Gasteiger partial charge >= 0.3 is 0 Å². The Kier molecular flexibility index (Phi) is 7.96. The molecule has 1 N–H and O–H groups in total. The first-order valence-electron chi connectivity index (χ1n) is 11.8. The van der Waals surface area contributed by atoms with Crippen LogP contribution in [0.1, 0.15) is 20.8 Å². The van der Waals surface area contributed by atoms with Crippen molar-refractivity contribution in [3.05, 3.63) is 94.3 Å². The van der Waals surface area contributed by atoms with E-state index < -0.39 is 28.1 Å². The topological polar surface area (TPSA) is 137 Å². The van der Waals surface area contributed by atoms with Crippen molar-refractivity contribution < 1.29 is 19.2 Å². The molecule has 4 rings (SSSR count). The molecule has 0 spiro atoms. The second-order valence-corrected chi connectivity index (χ2v) is 9.93. The minimum atomic E-state index is -1.61. The molecule has 10 nitrogen and oxygen atoms in total. The van der Waals surface area contributed by atoms with Crippen LogP contribution < -0.4 is 10.1 Å². The summed E-state index contributed by atoms with van der Waals surface area (Å²) in [5.74, 6) is -1.18. The number of hydrogen-bond donors (Lipinski definition) is 1. The van der Waals surface area contributed by atoms with Crippen LogP contribution in [-0.2, 0) is 9.59 Å². The number of nitrogens with one attached hydrogen (secondary N) is 1. The van der Waals surface area contributed by atoms with E-state index in [1.54, 1.807) is 81.7 Å². The van der Waals surface area contributed by atoms with Gasteiger partial charge in [-0.2, -0.15) is 0 Å². The van der Waals surface area contributed by atoms with Gasteiger partial charge in [-0.05, 0) is 30.3 Å². The van der Waals surface area contributed by atoms with Gasteiger partial charge in [0.05, 0.1) is 38.4 Å². The number of amides is 1. The lowest BCUT2D eigenvalue weighted by Gasteiger charge is -2.25. The number of carbonyl (C=O) groups excluding carboxylic acids is 2. The van der Waals surface area contributed by atoms with Crippen LogP contribution in [0.2, 0.25) is 5.02 Å². The smallest absolute Gasteiger partial charge is 0.273 e. The van der Waals surface area contributed by atoms with Crippen LogP contribution in [0.3, 0.4) is 0 Å². The van der Waals surface area contributed by atoms with E-state index in [2.05, 4.69) is 20.3 Å². The Hall–Kier alpha value is -4.70. The molecule has 0 saturated heterocycles. The number of carbonyl (C=O) groups is 2. The fourth-order valence-corrected chi connectivity index (χ4v) is 3.71. The lowest BCUT2D eigenvalue weighted by molar-refractivity contribution is -0.384. The van der Waals surface area contributed by atoms with Gasteiger partial charge < -0.3 is 10.1 Å². The number of anilines is 1. The number of nitro benzene ring substituents is 1. The molecule has 3 heterocycles. The molecule has 4 aromatic rings. The Morgan fingerprint density at radius 1 is 0.923 bits per heavy atom. The van der Waals surface area contributed by atoms with Crippen LogP contribution in [0.5, 0.6) is 5.75 Å². The first-order chi connectivity index (χ1) is 18.5. The number of hydrogen-bond acceptors (Lipinski definition) is 8. The molecule has 11 heteroatoms. The number of non-ortho nitro benzene ring substituents is 1. The maximum atomic E-state index is 13.4. The normalized spacial score (nSPS) is 11.9. The SMILES string of the molecule is CC(C)(C)C(=O)C(Oc1cc(-c2ccccn2)nc(-c2ccccn2)c1)C(=O)Nc1cc([N+](=O)[O-])ccc1Cl. The lowest BCUT2D eigenvalue weighted by Crippen LogP contribution is -2.45. The third-order valence-electron chi connectivity index (χ3n) is 5.54. The standard InChI is InChI=1S/C28H24ClN5O5/c1-28(2,3)26(35)25(27(36)33-22-14-17(34(37)38)10-11-19(22)29)39-18-15-23(20-8-4-6-12-30-20)32-24(16-18)21-9-5-7-13-31-21/h4-16,25H,1-3H3,(H,33,36). The van der Waals surface area contributed by atoms with Crippen LogP contribution in [0.15, 0.2) is 79.1 Å². The number of aromatic nitrogens is 3. The number of ketones is 1. The molecule has 0 aliphatic rings. The van der Waals surface area contributed by atoms with Crippen molar-refractivity contribution in [2.45, 2.75) is 26.9 Å². The third kappa shape index (κ3) is 6.60. The van der Waals surface area contributed by atoms with Crippen molar-refractivity contribution in [2.75, 3.05) is 5.32 Å². The first kappa shape index (κ1) is 27.3. The highest BCUT2D eigenvalue weighted by Gasteiger charge is 2.37. The quantitative estimate of drug-likeness (QED) is 0.167. The predicted octanol–water partition coefficient (Wildman–Crippen LogP) is 5.77. The second kappa shape index (κ2) is 11.4. The number of Topliss-reactive ketones (excluding diaryl/α,β-unsaturated/α-hetero) is 1. The number of ether oxygens (including phenoxy) is 1. The molecule has 0 fully saturated rings. The predicted molar refractivity (Wildman–Crippen MR) is 146 cm³/mol. The molecule has 0 bridgehead atoms. The van der Waals surface area contributed by atoms with Gasteiger partial charge in [-0.25, -0.2) is 4.98 Å². The van der Waals surface area contributed by atoms with E-state index in [0.717, 1.165) is 6.07 Å². The molecule has 39 heavy (non-hydrogen) atoms. The van der Waals surface area contributed by atoms with Gasteiger partial charge in [0.2, 0.25) is 6.10 Å². The van der Waals surface area contributed by atoms with E-state index in [1.165, 1.54) is 12.1 Å². The van der Waals surface area contributed by atoms with Crippen LogP contribution in [0.25, 0.3) is 22.8 Å². The molecule has 3 aromatic heterocycles. The second-order valence-electron chi connectivity index (χ2n) is 9.53. The molecule has 198 valence electrons. The summed E-state index contributed by atoms with van der Waals surface area (Å²) in [6.07, 6.45) is 1.62. The van der Waals surface area contributed by atoms with E-state index in [-0.39, 0.29) is 22.1 Å². The summed E-state index contributed by atoms with van der Waals surface area (Å²) in [7, 11) is 0. The van der Waals surface area contributed by atoms with Crippen LogP contribution in [0, 0.1) is 15.5 Å². The molecule has 0 radical (unpaired) electrons. The largest absolute Gasteiger partial charge is 0.472 e. The maximum absolute atomic E-state index is 13.4. The number of halogens is 1. The van der Waals surface area contributed by atoms with E-state index >= 15 is 0 Å². The van der Waals surface area contributed by atoms with Crippen molar-refractivity contribution in [3.63, 3.8) is 0 Å². The third-order valence-corrected chi connectivity index (χ3v) is 5.87. The summed E-state index contributed by atoms with van der Waals surface area (Å²) >= 11 is 6.17. The molecular formula is C28H24ClN5O5. The Labute approximate surface area is 229 Å². The van der Waals surface area contributed by atoms with E-state index in [0.29, 0.717) is 22.8 Å². The fourth-order valence-electron chi connectivity index (χ4n) is 3.54. The average Bonchev–Trinajstić information content (AvgIpc) is 2.92. The number of nitro groups is 1. The average molecular weight is 546 g/mol. The van der Waals surface area contributed by atoms with Crippen molar-refractivity contribution in [1.29, 1.82) is 0 Å². The number of rotatable bonds is 8. The highest BCUT2D eigenvalue weighted by molar-refractivity contribution is 6.34. The van der Waals surface area contributed by atoms with Crippen LogP contribution >= 0.6 is 11.6 Å². The lowest BCUT2D eigenvalue weighted by atomic mass is 9.87. The van der Waals surface area contributed by atoms with Gasteiger partial charge in [0.1, 0.15) is 5.75 Å². The van der Waals surface area contributed by atoms with Crippen molar-refractivity contribution in [3.8, 4) is 28.5 Å². The van der Waals surface area contributed by atoms with Crippen LogP contribution in [0.4, 0.5) is 11.4 Å². The number of nitrogens with zero attached hydrogens (tertiary/aromatic N) is 4. The summed E-state index contributed by atoms with van der Waals surface area (Å²) in [4.78, 5) is 50.8. The molecule has 1 atom stereocenters. The summed E-state index contributed by atoms with van der Waals surface area (Å²) in [5.41, 5.74) is 0.719. The van der Waals surface area contributed by atoms with Gasteiger partial charge in [-0.1, -0.05) is 44.5 Å². The monoisotopic (exact) mass is 545 g/mol. The zero-order valence-electron chi connectivity index (χ0n) is 21.3. The van der Waals surface area contributed by atoms with Gasteiger partial charge in [0, 0.05) is 42.1 Å². The van der Waals surface area contributed by atoms with Gasteiger partial charge in [0.15, 0.2) is 5.78 Å². The number of pyridine rings is 3. The summed E-state index contributed by atoms with van der Waals surface area (Å²) < 4.78 is 6.04. The Morgan fingerprint density at radius 2 is 1.51 bits per heavy atom. The first-order valence-corrected chi connectivity index (χ1v) is 12.2.